The quantitative estimate of drug-likeness (QED) is 0.617. The molecule has 0 heterocycles. The summed E-state index contributed by atoms with van der Waals surface area (Å²) >= 11 is 0. The Morgan fingerprint density at radius 1 is 1.30 bits per heavy atom. The van der Waals surface area contributed by atoms with Crippen molar-refractivity contribution in [2.45, 2.75) is 25.9 Å². The summed E-state index contributed by atoms with van der Waals surface area (Å²) in [6, 6.07) is 0. The lowest BCUT2D eigenvalue weighted by atomic mass is 9.93. The third-order valence-corrected chi connectivity index (χ3v) is 1.84. The molecule has 1 aliphatic rings. The molecule has 0 spiro atoms. The molecule has 2 atom stereocenters. The van der Waals surface area contributed by atoms with Crippen LogP contribution in [-0.2, 0) is 0 Å². The van der Waals surface area contributed by atoms with Crippen molar-refractivity contribution < 1.29 is 5.11 Å². The van der Waals surface area contributed by atoms with Crippen molar-refractivity contribution in [2.24, 2.45) is 5.92 Å². The highest BCUT2D eigenvalue weighted by molar-refractivity contribution is 5.14. The molecule has 0 aliphatic heterocycles. The van der Waals surface area contributed by atoms with E-state index in [2.05, 4.69) is 13.0 Å². The van der Waals surface area contributed by atoms with Crippen LogP contribution in [0.4, 0.5) is 0 Å². The van der Waals surface area contributed by atoms with Crippen molar-refractivity contribution in [2.75, 3.05) is 0 Å². The second-order valence-electron chi connectivity index (χ2n) is 2.71. The molecule has 0 aromatic carbocycles. The topological polar surface area (TPSA) is 20.2 Å². The summed E-state index contributed by atoms with van der Waals surface area (Å²) in [6.45, 7) is 2.14. The van der Waals surface area contributed by atoms with E-state index < -0.39 is 0 Å². The van der Waals surface area contributed by atoms with Crippen molar-refractivity contribution >= 4 is 0 Å². The van der Waals surface area contributed by atoms with Crippen molar-refractivity contribution in [3.8, 4) is 0 Å². The van der Waals surface area contributed by atoms with E-state index in [1.807, 2.05) is 18.2 Å². The van der Waals surface area contributed by atoms with E-state index in [0.717, 1.165) is 12.8 Å². The first kappa shape index (κ1) is 7.55. The minimum atomic E-state index is -0.245. The fourth-order valence-electron chi connectivity index (χ4n) is 1.24. The minimum Gasteiger partial charge on any atom is -0.388 e. The number of allylic oxidation sites excluding steroid dienone is 2. The summed E-state index contributed by atoms with van der Waals surface area (Å²) < 4.78 is 0. The highest BCUT2D eigenvalue weighted by Gasteiger charge is 2.13. The van der Waals surface area contributed by atoms with E-state index in [1.165, 1.54) is 0 Å². The summed E-state index contributed by atoms with van der Waals surface area (Å²) in [5, 5.41) is 9.36. The molecule has 1 aliphatic carbocycles. The van der Waals surface area contributed by atoms with Gasteiger partial charge in [-0.3, -0.25) is 0 Å². The van der Waals surface area contributed by atoms with Crippen LogP contribution in [0.15, 0.2) is 24.3 Å². The number of aliphatic hydroxyl groups excluding tert-OH is 1. The van der Waals surface area contributed by atoms with Gasteiger partial charge in [0.05, 0.1) is 6.10 Å². The van der Waals surface area contributed by atoms with Gasteiger partial charge in [-0.1, -0.05) is 37.6 Å². The third-order valence-electron chi connectivity index (χ3n) is 1.84. The second-order valence-corrected chi connectivity index (χ2v) is 2.71. The van der Waals surface area contributed by atoms with Crippen LogP contribution in [0.2, 0.25) is 0 Å². The van der Waals surface area contributed by atoms with Crippen molar-refractivity contribution in [3.63, 3.8) is 0 Å². The highest BCUT2D eigenvalue weighted by Crippen LogP contribution is 2.17. The van der Waals surface area contributed by atoms with E-state index in [9.17, 15) is 5.11 Å². The van der Waals surface area contributed by atoms with Gasteiger partial charge < -0.3 is 5.11 Å². The number of hydrogen-bond donors (Lipinski definition) is 1. The first-order chi connectivity index (χ1) is 4.84. The maximum Gasteiger partial charge on any atom is 0.0786 e. The van der Waals surface area contributed by atoms with Gasteiger partial charge in [-0.25, -0.2) is 0 Å². The van der Waals surface area contributed by atoms with E-state index in [-0.39, 0.29) is 6.10 Å². The van der Waals surface area contributed by atoms with Gasteiger partial charge in [0.25, 0.3) is 0 Å². The molecule has 56 valence electrons. The van der Waals surface area contributed by atoms with Gasteiger partial charge in [0.1, 0.15) is 0 Å². The van der Waals surface area contributed by atoms with E-state index in [4.69, 9.17) is 0 Å². The lowest BCUT2D eigenvalue weighted by molar-refractivity contribution is 0.169. The first-order valence-electron chi connectivity index (χ1n) is 3.87. The number of hydrogen-bond acceptors (Lipinski definition) is 1. The Hall–Kier alpha value is -0.560. The van der Waals surface area contributed by atoms with Crippen LogP contribution in [0.25, 0.3) is 0 Å². The molecule has 1 rings (SSSR count). The molecule has 0 saturated carbocycles. The molecule has 10 heavy (non-hydrogen) atoms. The zero-order chi connectivity index (χ0) is 7.40. The SMILES string of the molecule is CCCC1C=CC=CC1O. The molecular weight excluding hydrogens is 124 g/mol. The molecule has 0 saturated heterocycles. The molecule has 2 unspecified atom stereocenters. The molecule has 1 nitrogen and oxygen atoms in total. The Morgan fingerprint density at radius 3 is 2.60 bits per heavy atom. The Labute approximate surface area is 62.1 Å². The van der Waals surface area contributed by atoms with Gasteiger partial charge in [-0.15, -0.1) is 0 Å². The fourth-order valence-corrected chi connectivity index (χ4v) is 1.24. The molecule has 0 amide bonds. The molecule has 0 aromatic rings. The summed E-state index contributed by atoms with van der Waals surface area (Å²) in [5.74, 6) is 0.356. The zero-order valence-corrected chi connectivity index (χ0v) is 6.33. The zero-order valence-electron chi connectivity index (χ0n) is 6.33. The van der Waals surface area contributed by atoms with Crippen molar-refractivity contribution in [3.05, 3.63) is 24.3 Å². The van der Waals surface area contributed by atoms with Crippen molar-refractivity contribution in [1.29, 1.82) is 0 Å². The fraction of sp³-hybridized carbons (Fsp3) is 0.556. The summed E-state index contributed by atoms with van der Waals surface area (Å²) in [6.07, 6.45) is 9.81. The largest absolute Gasteiger partial charge is 0.388 e. The summed E-state index contributed by atoms with van der Waals surface area (Å²) in [7, 11) is 0. The van der Waals surface area contributed by atoms with E-state index >= 15 is 0 Å². The Bertz CT molecular complexity index is 147. The Morgan fingerprint density at radius 2 is 2.00 bits per heavy atom. The van der Waals surface area contributed by atoms with Gasteiger partial charge in [-0.05, 0) is 6.42 Å². The highest BCUT2D eigenvalue weighted by atomic mass is 16.3. The number of rotatable bonds is 2. The molecule has 0 bridgehead atoms. The predicted molar refractivity (Wildman–Crippen MR) is 42.7 cm³/mol. The standard InChI is InChI=1S/C9H14O/c1-2-5-8-6-3-4-7-9(8)10/h3-4,6-10H,2,5H2,1H3. The smallest absolute Gasteiger partial charge is 0.0786 e. The Balaban J connectivity index is 2.44. The maximum absolute atomic E-state index is 9.36. The van der Waals surface area contributed by atoms with Gasteiger partial charge in [0, 0.05) is 5.92 Å². The lowest BCUT2D eigenvalue weighted by Crippen LogP contribution is -2.17. The molecule has 0 aromatic heterocycles. The van der Waals surface area contributed by atoms with Crippen LogP contribution in [0, 0.1) is 5.92 Å². The monoisotopic (exact) mass is 138 g/mol. The molecule has 0 fully saturated rings. The Kier molecular flexibility index (Phi) is 2.69. The van der Waals surface area contributed by atoms with Gasteiger partial charge in [0.2, 0.25) is 0 Å². The third kappa shape index (κ3) is 1.71. The average molecular weight is 138 g/mol. The lowest BCUT2D eigenvalue weighted by Gasteiger charge is -2.17. The van der Waals surface area contributed by atoms with Crippen LogP contribution >= 0.6 is 0 Å². The van der Waals surface area contributed by atoms with E-state index in [1.54, 1.807) is 0 Å². The van der Waals surface area contributed by atoms with Crippen LogP contribution in [0.1, 0.15) is 19.8 Å². The van der Waals surface area contributed by atoms with Crippen LogP contribution < -0.4 is 0 Å². The summed E-state index contributed by atoms with van der Waals surface area (Å²) in [5.41, 5.74) is 0. The van der Waals surface area contributed by atoms with Gasteiger partial charge in [0.15, 0.2) is 0 Å². The molecule has 1 N–H and O–H groups in total. The molecule has 1 heteroatoms. The van der Waals surface area contributed by atoms with Crippen molar-refractivity contribution in [1.82, 2.24) is 0 Å². The summed E-state index contributed by atoms with van der Waals surface area (Å²) in [4.78, 5) is 0. The first-order valence-corrected chi connectivity index (χ1v) is 3.87. The number of aliphatic hydroxyl groups is 1. The van der Waals surface area contributed by atoms with Gasteiger partial charge in [-0.2, -0.15) is 0 Å². The van der Waals surface area contributed by atoms with Crippen LogP contribution in [0.3, 0.4) is 0 Å². The average Bonchev–Trinajstić information content (AvgIpc) is 1.94. The molecule has 0 radical (unpaired) electrons. The molecular formula is C9H14O. The van der Waals surface area contributed by atoms with Crippen LogP contribution in [0.5, 0.6) is 0 Å². The van der Waals surface area contributed by atoms with Crippen LogP contribution in [-0.4, -0.2) is 11.2 Å². The predicted octanol–water partition coefficient (Wildman–Crippen LogP) is 1.89. The van der Waals surface area contributed by atoms with E-state index in [0.29, 0.717) is 5.92 Å². The van der Waals surface area contributed by atoms with Gasteiger partial charge >= 0.3 is 0 Å². The normalized spacial score (nSPS) is 31.0. The maximum atomic E-state index is 9.36. The second kappa shape index (κ2) is 3.57. The minimum absolute atomic E-state index is 0.245.